The maximum atomic E-state index is 12.3. The molecule has 0 aliphatic rings. The lowest BCUT2D eigenvalue weighted by Crippen LogP contribution is -3.07. The summed E-state index contributed by atoms with van der Waals surface area (Å²) in [6.07, 6.45) is 2.72. The number of hydrogen-bond donors (Lipinski definition) is 1. The number of quaternary nitrogens is 1. The zero-order chi connectivity index (χ0) is 19.4. The van der Waals surface area contributed by atoms with E-state index in [0.29, 0.717) is 12.2 Å². The van der Waals surface area contributed by atoms with Gasteiger partial charge in [0, 0.05) is 18.7 Å². The molecule has 1 aromatic carbocycles. The van der Waals surface area contributed by atoms with E-state index < -0.39 is 0 Å². The molecule has 0 fully saturated rings. The van der Waals surface area contributed by atoms with Crippen molar-refractivity contribution >= 4 is 5.65 Å². The Morgan fingerprint density at radius 1 is 1.07 bits per heavy atom. The van der Waals surface area contributed by atoms with Crippen LogP contribution in [0.4, 0.5) is 0 Å². The van der Waals surface area contributed by atoms with Gasteiger partial charge in [0.2, 0.25) is 0 Å². The summed E-state index contributed by atoms with van der Waals surface area (Å²) in [7, 11) is 5.39. The molecule has 1 atom stereocenters. The van der Waals surface area contributed by atoms with Gasteiger partial charge >= 0.3 is 0 Å². The van der Waals surface area contributed by atoms with Gasteiger partial charge in [0.15, 0.2) is 11.5 Å². The molecular weight excluding hydrogens is 342 g/mol. The Labute approximate surface area is 159 Å². The number of hydrogen-bond acceptors (Lipinski definition) is 4. The van der Waals surface area contributed by atoms with Crippen LogP contribution in [-0.4, -0.2) is 37.2 Å². The van der Waals surface area contributed by atoms with Crippen LogP contribution in [-0.2, 0) is 13.0 Å². The van der Waals surface area contributed by atoms with Gasteiger partial charge in [-0.2, -0.15) is 0 Å². The van der Waals surface area contributed by atoms with Crippen LogP contribution in [0, 0.1) is 6.92 Å². The molecule has 2 heterocycles. The fraction of sp³-hybridized carbons (Fsp3) is 0.333. The van der Waals surface area contributed by atoms with Crippen molar-refractivity contribution in [3.05, 3.63) is 69.8 Å². The van der Waals surface area contributed by atoms with Gasteiger partial charge in [0.1, 0.15) is 17.9 Å². The van der Waals surface area contributed by atoms with Crippen molar-refractivity contribution in [3.63, 3.8) is 0 Å². The Balaban J connectivity index is 1.67. The summed E-state index contributed by atoms with van der Waals surface area (Å²) < 4.78 is 12.2. The molecule has 0 aliphatic heterocycles. The number of nitrogens with zero attached hydrogens (tertiary/aromatic N) is 2. The van der Waals surface area contributed by atoms with Gasteiger partial charge in [0.05, 0.1) is 27.8 Å². The van der Waals surface area contributed by atoms with Gasteiger partial charge in [0.25, 0.3) is 5.56 Å². The molecule has 1 unspecified atom stereocenters. The molecule has 6 nitrogen and oxygen atoms in total. The number of rotatable bonds is 7. The molecule has 2 aromatic heterocycles. The summed E-state index contributed by atoms with van der Waals surface area (Å²) in [5.74, 6) is 1.48. The fourth-order valence-electron chi connectivity index (χ4n) is 3.14. The molecule has 0 bridgehead atoms. The normalized spacial score (nSPS) is 12.1. The third-order valence-electron chi connectivity index (χ3n) is 4.63. The first-order chi connectivity index (χ1) is 13.0. The molecule has 0 radical (unpaired) electrons. The molecule has 3 aromatic rings. The zero-order valence-corrected chi connectivity index (χ0v) is 16.3. The van der Waals surface area contributed by atoms with Crippen molar-refractivity contribution in [1.29, 1.82) is 0 Å². The summed E-state index contributed by atoms with van der Waals surface area (Å²) in [6.45, 7) is 3.59. The van der Waals surface area contributed by atoms with Crippen LogP contribution in [0.3, 0.4) is 0 Å². The molecule has 27 heavy (non-hydrogen) atoms. The number of benzene rings is 1. The maximum Gasteiger partial charge on any atom is 0.258 e. The van der Waals surface area contributed by atoms with Crippen molar-refractivity contribution in [1.82, 2.24) is 9.38 Å². The van der Waals surface area contributed by atoms with Crippen LogP contribution in [0.2, 0.25) is 0 Å². The van der Waals surface area contributed by atoms with Crippen LogP contribution in [0.1, 0.15) is 16.8 Å². The molecule has 0 amide bonds. The Bertz CT molecular complexity index is 998. The molecule has 3 rings (SSSR count). The van der Waals surface area contributed by atoms with Crippen LogP contribution in [0.5, 0.6) is 11.5 Å². The standard InChI is InChI=1S/C21H25N3O3/c1-15-5-8-20-22-17(12-21(25)24(20)13-15)14-23(2)10-9-16-6-7-18(26-3)19(11-16)27-4/h5-8,11-13H,9-10,14H2,1-4H3/p+1. The van der Waals surface area contributed by atoms with E-state index in [-0.39, 0.29) is 5.56 Å². The summed E-state index contributed by atoms with van der Waals surface area (Å²) >= 11 is 0. The second kappa shape index (κ2) is 8.22. The first-order valence-corrected chi connectivity index (χ1v) is 9.01. The summed E-state index contributed by atoms with van der Waals surface area (Å²) in [4.78, 5) is 18.2. The molecule has 1 N–H and O–H groups in total. The van der Waals surface area contributed by atoms with E-state index >= 15 is 0 Å². The van der Waals surface area contributed by atoms with Crippen molar-refractivity contribution in [3.8, 4) is 11.5 Å². The van der Waals surface area contributed by atoms with Crippen molar-refractivity contribution in [2.24, 2.45) is 0 Å². The first kappa shape index (κ1) is 18.9. The number of methoxy groups -OCH3 is 2. The number of likely N-dealkylation sites (N-methyl/N-ethyl adjacent to an activating group) is 1. The topological polar surface area (TPSA) is 57.3 Å². The lowest BCUT2D eigenvalue weighted by atomic mass is 10.1. The van der Waals surface area contributed by atoms with E-state index in [1.54, 1.807) is 24.7 Å². The van der Waals surface area contributed by atoms with Crippen LogP contribution in [0.15, 0.2) is 47.4 Å². The van der Waals surface area contributed by atoms with E-state index in [1.165, 1.54) is 10.5 Å². The predicted molar refractivity (Wildman–Crippen MR) is 105 cm³/mol. The average molecular weight is 368 g/mol. The third kappa shape index (κ3) is 4.46. The van der Waals surface area contributed by atoms with E-state index in [9.17, 15) is 4.79 Å². The minimum absolute atomic E-state index is 0.0357. The van der Waals surface area contributed by atoms with E-state index in [4.69, 9.17) is 9.47 Å². The second-order valence-corrected chi connectivity index (χ2v) is 6.84. The number of ether oxygens (including phenoxy) is 2. The Kier molecular flexibility index (Phi) is 5.76. The lowest BCUT2D eigenvalue weighted by molar-refractivity contribution is -0.893. The van der Waals surface area contributed by atoms with Crippen LogP contribution < -0.4 is 19.9 Å². The SMILES string of the molecule is COc1ccc(CC[NH+](C)Cc2cc(=O)n3cc(C)ccc3n2)cc1OC. The number of nitrogens with one attached hydrogen (secondary N) is 1. The van der Waals surface area contributed by atoms with Gasteiger partial charge < -0.3 is 14.4 Å². The minimum Gasteiger partial charge on any atom is -0.493 e. The van der Waals surface area contributed by atoms with Crippen molar-refractivity contribution < 1.29 is 14.4 Å². The van der Waals surface area contributed by atoms with E-state index in [2.05, 4.69) is 18.1 Å². The predicted octanol–water partition coefficient (Wildman–Crippen LogP) is 1.28. The molecule has 6 heteroatoms. The number of aryl methyl sites for hydroxylation is 1. The minimum atomic E-state index is -0.0357. The van der Waals surface area contributed by atoms with E-state index in [1.807, 2.05) is 37.4 Å². The third-order valence-corrected chi connectivity index (χ3v) is 4.63. The number of pyridine rings is 1. The number of fused-ring (bicyclic) bond motifs is 1. The van der Waals surface area contributed by atoms with Gasteiger partial charge in [-0.25, -0.2) is 4.98 Å². The highest BCUT2D eigenvalue weighted by Crippen LogP contribution is 2.27. The lowest BCUT2D eigenvalue weighted by Gasteiger charge is -2.15. The van der Waals surface area contributed by atoms with Crippen molar-refractivity contribution in [2.45, 2.75) is 19.9 Å². The second-order valence-electron chi connectivity index (χ2n) is 6.84. The largest absolute Gasteiger partial charge is 0.493 e. The average Bonchev–Trinajstić information content (AvgIpc) is 2.66. The molecular formula is C21H26N3O3+. The van der Waals surface area contributed by atoms with Gasteiger partial charge in [-0.3, -0.25) is 9.20 Å². The summed E-state index contributed by atoms with van der Waals surface area (Å²) in [5, 5.41) is 0. The first-order valence-electron chi connectivity index (χ1n) is 9.01. The molecule has 142 valence electrons. The van der Waals surface area contributed by atoms with Crippen LogP contribution >= 0.6 is 0 Å². The Hall–Kier alpha value is -2.86. The smallest absolute Gasteiger partial charge is 0.258 e. The molecule has 0 aliphatic carbocycles. The summed E-state index contributed by atoms with van der Waals surface area (Å²) in [5.41, 5.74) is 3.70. The molecule has 0 saturated carbocycles. The number of aromatic nitrogens is 2. The zero-order valence-electron chi connectivity index (χ0n) is 16.3. The van der Waals surface area contributed by atoms with Gasteiger partial charge in [-0.05, 0) is 36.2 Å². The highest BCUT2D eigenvalue weighted by Gasteiger charge is 2.10. The van der Waals surface area contributed by atoms with Crippen molar-refractivity contribution in [2.75, 3.05) is 27.8 Å². The van der Waals surface area contributed by atoms with Crippen LogP contribution in [0.25, 0.3) is 5.65 Å². The maximum absolute atomic E-state index is 12.3. The monoisotopic (exact) mass is 368 g/mol. The Morgan fingerprint density at radius 2 is 1.85 bits per heavy atom. The molecule has 0 saturated heterocycles. The highest BCUT2D eigenvalue weighted by molar-refractivity contribution is 5.43. The highest BCUT2D eigenvalue weighted by atomic mass is 16.5. The van der Waals surface area contributed by atoms with Gasteiger partial charge in [-0.15, -0.1) is 0 Å². The quantitative estimate of drug-likeness (QED) is 0.683. The van der Waals surface area contributed by atoms with Gasteiger partial charge in [-0.1, -0.05) is 12.1 Å². The fourth-order valence-corrected chi connectivity index (χ4v) is 3.14. The van der Waals surface area contributed by atoms with E-state index in [0.717, 1.165) is 35.7 Å². The summed E-state index contributed by atoms with van der Waals surface area (Å²) in [6, 6.07) is 11.5. The molecule has 0 spiro atoms. The Morgan fingerprint density at radius 3 is 2.59 bits per heavy atom.